The second kappa shape index (κ2) is 11.3. The van der Waals surface area contributed by atoms with Gasteiger partial charge in [-0.3, -0.25) is 0 Å². The van der Waals surface area contributed by atoms with E-state index in [1.54, 1.807) is 7.11 Å². The molecule has 1 aliphatic rings. The molecule has 0 atom stereocenters. The van der Waals surface area contributed by atoms with E-state index in [2.05, 4.69) is 34.2 Å². The first-order chi connectivity index (χ1) is 18.3. The third kappa shape index (κ3) is 6.09. The van der Waals surface area contributed by atoms with Crippen LogP contribution in [0.4, 0.5) is 17.6 Å². The van der Waals surface area contributed by atoms with Gasteiger partial charge in [-0.15, -0.1) is 0 Å². The number of aromatic nitrogens is 2. The standard InChI is InChI=1S/C31H32F4N2O/c1-38-17-16-22-6-4-20(5-7-22)2-3-21-8-10-23(11-9-21)24-12-14-25(15-13-24)30-36-28-18-26(31(33,34)35)27(32)19-29(28)37-30/h8-15,18-20,22H,2-7,16-17H2,1H3,(H,36,37). The van der Waals surface area contributed by atoms with Crippen molar-refractivity contribution in [1.29, 1.82) is 0 Å². The molecule has 0 bridgehead atoms. The van der Waals surface area contributed by atoms with E-state index in [-0.39, 0.29) is 11.0 Å². The van der Waals surface area contributed by atoms with Crippen LogP contribution in [0.25, 0.3) is 33.5 Å². The summed E-state index contributed by atoms with van der Waals surface area (Å²) in [5, 5.41) is 0. The van der Waals surface area contributed by atoms with Crippen LogP contribution in [0, 0.1) is 17.7 Å². The Morgan fingerprint density at radius 1 is 0.842 bits per heavy atom. The van der Waals surface area contributed by atoms with Crippen LogP contribution in [0.15, 0.2) is 60.7 Å². The molecule has 38 heavy (non-hydrogen) atoms. The molecule has 0 radical (unpaired) electrons. The van der Waals surface area contributed by atoms with Crippen molar-refractivity contribution in [2.24, 2.45) is 11.8 Å². The highest BCUT2D eigenvalue weighted by Crippen LogP contribution is 2.35. The number of methoxy groups -OCH3 is 1. The summed E-state index contributed by atoms with van der Waals surface area (Å²) in [6, 6.07) is 17.9. The zero-order chi connectivity index (χ0) is 26.7. The number of hydrogen-bond acceptors (Lipinski definition) is 2. The van der Waals surface area contributed by atoms with Gasteiger partial charge >= 0.3 is 6.18 Å². The third-order valence-corrected chi connectivity index (χ3v) is 7.86. The van der Waals surface area contributed by atoms with Crippen LogP contribution < -0.4 is 0 Å². The molecule has 4 aromatic rings. The Bertz CT molecular complexity index is 1350. The molecule has 1 aromatic heterocycles. The van der Waals surface area contributed by atoms with E-state index in [0.717, 1.165) is 48.1 Å². The lowest BCUT2D eigenvalue weighted by Gasteiger charge is -2.28. The van der Waals surface area contributed by atoms with Crippen molar-refractivity contribution in [2.45, 2.75) is 51.1 Å². The summed E-state index contributed by atoms with van der Waals surface area (Å²) in [6.45, 7) is 0.873. The lowest BCUT2D eigenvalue weighted by atomic mass is 9.78. The van der Waals surface area contributed by atoms with Gasteiger partial charge in [-0.05, 0) is 53.9 Å². The minimum Gasteiger partial charge on any atom is -0.385 e. The molecule has 0 spiro atoms. The normalized spacial score (nSPS) is 18.2. The Labute approximate surface area is 220 Å². The SMILES string of the molecule is COCCC1CCC(CCc2ccc(-c3ccc(-c4nc5cc(F)c(C(F)(F)F)cc5[nH]4)cc3)cc2)CC1. The number of imidazole rings is 1. The number of benzene rings is 3. The van der Waals surface area contributed by atoms with Gasteiger partial charge in [0.15, 0.2) is 0 Å². The van der Waals surface area contributed by atoms with Crippen LogP contribution in [0.1, 0.15) is 49.7 Å². The number of fused-ring (bicyclic) bond motifs is 1. The molecule has 0 unspecified atom stereocenters. The fourth-order valence-corrected chi connectivity index (χ4v) is 5.53. The van der Waals surface area contributed by atoms with E-state index < -0.39 is 17.6 Å². The van der Waals surface area contributed by atoms with E-state index in [1.807, 2.05) is 24.3 Å². The van der Waals surface area contributed by atoms with E-state index in [9.17, 15) is 17.6 Å². The van der Waals surface area contributed by atoms with Gasteiger partial charge in [0.1, 0.15) is 11.6 Å². The number of hydrogen-bond donors (Lipinski definition) is 1. The summed E-state index contributed by atoms with van der Waals surface area (Å²) in [5.41, 5.74) is 3.20. The molecule has 0 aliphatic heterocycles. The molecule has 1 saturated carbocycles. The van der Waals surface area contributed by atoms with Crippen molar-refractivity contribution in [3.8, 4) is 22.5 Å². The first kappa shape index (κ1) is 26.4. The molecule has 1 aliphatic carbocycles. The second-order valence-electron chi connectivity index (χ2n) is 10.4. The number of rotatable bonds is 8. The highest BCUT2D eigenvalue weighted by Gasteiger charge is 2.34. The number of aryl methyl sites for hydroxylation is 1. The van der Waals surface area contributed by atoms with Gasteiger partial charge in [0, 0.05) is 25.3 Å². The Kier molecular flexibility index (Phi) is 7.84. The molecule has 7 heteroatoms. The summed E-state index contributed by atoms with van der Waals surface area (Å²) in [4.78, 5) is 7.18. The molecule has 1 N–H and O–H groups in total. The quantitative estimate of drug-likeness (QED) is 0.234. The smallest absolute Gasteiger partial charge is 0.385 e. The minimum atomic E-state index is -4.76. The van der Waals surface area contributed by atoms with Crippen LogP contribution in [0.2, 0.25) is 0 Å². The zero-order valence-corrected chi connectivity index (χ0v) is 21.5. The van der Waals surface area contributed by atoms with E-state index in [4.69, 9.17) is 4.74 Å². The average molecular weight is 525 g/mol. The van der Waals surface area contributed by atoms with Crippen LogP contribution >= 0.6 is 0 Å². The maximum Gasteiger partial charge on any atom is 0.419 e. The highest BCUT2D eigenvalue weighted by molar-refractivity contribution is 5.81. The molecule has 0 amide bonds. The maximum atomic E-state index is 13.9. The minimum absolute atomic E-state index is 0.146. The van der Waals surface area contributed by atoms with Crippen molar-refractivity contribution >= 4 is 11.0 Å². The van der Waals surface area contributed by atoms with Gasteiger partial charge in [-0.1, -0.05) is 74.2 Å². The van der Waals surface area contributed by atoms with Crippen LogP contribution in [-0.4, -0.2) is 23.7 Å². The number of alkyl halides is 3. The fourth-order valence-electron chi connectivity index (χ4n) is 5.53. The van der Waals surface area contributed by atoms with Crippen LogP contribution in [0.3, 0.4) is 0 Å². The lowest BCUT2D eigenvalue weighted by Crippen LogP contribution is -2.16. The van der Waals surface area contributed by atoms with Crippen molar-refractivity contribution in [1.82, 2.24) is 9.97 Å². The molecule has 3 nitrogen and oxygen atoms in total. The first-order valence-electron chi connectivity index (χ1n) is 13.3. The molecule has 5 rings (SSSR count). The van der Waals surface area contributed by atoms with Gasteiger partial charge in [-0.25, -0.2) is 9.37 Å². The maximum absolute atomic E-state index is 13.9. The van der Waals surface area contributed by atoms with E-state index in [0.29, 0.717) is 11.4 Å². The van der Waals surface area contributed by atoms with Crippen molar-refractivity contribution < 1.29 is 22.3 Å². The number of H-pyrrole nitrogens is 1. The molecule has 3 aromatic carbocycles. The van der Waals surface area contributed by atoms with Crippen molar-refractivity contribution in [3.05, 3.63) is 77.6 Å². The molecule has 1 heterocycles. The van der Waals surface area contributed by atoms with Crippen LogP contribution in [-0.2, 0) is 17.3 Å². The van der Waals surface area contributed by atoms with Crippen LogP contribution in [0.5, 0.6) is 0 Å². The summed E-state index contributed by atoms with van der Waals surface area (Å²) >= 11 is 0. The summed E-state index contributed by atoms with van der Waals surface area (Å²) in [5.74, 6) is 0.713. The molecule has 200 valence electrons. The fraction of sp³-hybridized carbons (Fsp3) is 0.387. The Hall–Kier alpha value is -3.19. The number of aromatic amines is 1. The zero-order valence-electron chi connectivity index (χ0n) is 21.5. The number of halogens is 4. The largest absolute Gasteiger partial charge is 0.419 e. The summed E-state index contributed by atoms with van der Waals surface area (Å²) in [6.07, 6.45) is 4.04. The van der Waals surface area contributed by atoms with E-state index >= 15 is 0 Å². The van der Waals surface area contributed by atoms with Crippen molar-refractivity contribution in [2.75, 3.05) is 13.7 Å². The number of nitrogens with one attached hydrogen (secondary N) is 1. The number of ether oxygens (including phenoxy) is 1. The predicted octanol–water partition coefficient (Wildman–Crippen LogP) is 8.83. The van der Waals surface area contributed by atoms with Crippen molar-refractivity contribution in [3.63, 3.8) is 0 Å². The molecule has 1 fully saturated rings. The molecular formula is C31H32F4N2O. The lowest BCUT2D eigenvalue weighted by molar-refractivity contribution is -0.139. The number of nitrogens with zero attached hydrogens (tertiary/aromatic N) is 1. The first-order valence-corrected chi connectivity index (χ1v) is 13.3. The van der Waals surface area contributed by atoms with E-state index in [1.165, 1.54) is 44.1 Å². The molecule has 0 saturated heterocycles. The van der Waals surface area contributed by atoms with Gasteiger partial charge in [0.25, 0.3) is 0 Å². The monoisotopic (exact) mass is 524 g/mol. The summed E-state index contributed by atoms with van der Waals surface area (Å²) in [7, 11) is 1.78. The summed E-state index contributed by atoms with van der Waals surface area (Å²) < 4.78 is 58.2. The van der Waals surface area contributed by atoms with Gasteiger partial charge in [0.2, 0.25) is 0 Å². The topological polar surface area (TPSA) is 37.9 Å². The van der Waals surface area contributed by atoms with Gasteiger partial charge < -0.3 is 9.72 Å². The van der Waals surface area contributed by atoms with Gasteiger partial charge in [0.05, 0.1) is 16.6 Å². The average Bonchev–Trinajstić information content (AvgIpc) is 3.33. The molecular weight excluding hydrogens is 492 g/mol. The Balaban J connectivity index is 1.20. The highest BCUT2D eigenvalue weighted by atomic mass is 19.4. The Morgan fingerprint density at radius 2 is 1.42 bits per heavy atom. The predicted molar refractivity (Wildman–Crippen MR) is 142 cm³/mol. The Morgan fingerprint density at radius 3 is 2.03 bits per heavy atom. The second-order valence-corrected chi connectivity index (χ2v) is 10.4. The third-order valence-electron chi connectivity index (χ3n) is 7.86. The van der Waals surface area contributed by atoms with Gasteiger partial charge in [-0.2, -0.15) is 13.2 Å².